The minimum Gasteiger partial charge on any atom is -0.494 e. The van der Waals surface area contributed by atoms with Crippen LogP contribution in [0.2, 0.25) is 0 Å². The van der Waals surface area contributed by atoms with E-state index in [0.717, 1.165) is 43.8 Å². The van der Waals surface area contributed by atoms with Crippen LogP contribution in [0.1, 0.15) is 37.7 Å². The van der Waals surface area contributed by atoms with Crippen LogP contribution < -0.4 is 20.7 Å². The molecular formula is C23H30N4O3. The number of rotatable bonds is 9. The predicted molar refractivity (Wildman–Crippen MR) is 118 cm³/mol. The Balaban J connectivity index is 1.37. The number of hydrogen-bond donors (Lipinski definition) is 2. The van der Waals surface area contributed by atoms with E-state index in [2.05, 4.69) is 15.2 Å². The molecule has 0 spiro atoms. The summed E-state index contributed by atoms with van der Waals surface area (Å²) < 4.78 is 5.70. The van der Waals surface area contributed by atoms with Gasteiger partial charge in [-0.05, 0) is 62.4 Å². The van der Waals surface area contributed by atoms with E-state index < -0.39 is 0 Å². The van der Waals surface area contributed by atoms with Crippen LogP contribution in [0.25, 0.3) is 0 Å². The minimum atomic E-state index is -0.257. The monoisotopic (exact) mass is 410 g/mol. The molecule has 0 bridgehead atoms. The molecule has 7 heteroatoms. The molecular weight excluding hydrogens is 380 g/mol. The van der Waals surface area contributed by atoms with Crippen molar-refractivity contribution in [2.75, 3.05) is 29.9 Å². The van der Waals surface area contributed by atoms with E-state index in [1.807, 2.05) is 43.3 Å². The number of carbonyl (C=O) groups is 2. The third kappa shape index (κ3) is 6.47. The molecule has 0 radical (unpaired) electrons. The zero-order valence-corrected chi connectivity index (χ0v) is 17.5. The number of pyridine rings is 1. The minimum absolute atomic E-state index is 0.0353. The van der Waals surface area contributed by atoms with Gasteiger partial charge in [-0.3, -0.25) is 9.59 Å². The Morgan fingerprint density at radius 2 is 2.13 bits per heavy atom. The second-order valence-corrected chi connectivity index (χ2v) is 7.76. The number of nitrogens with one attached hydrogen (secondary N) is 1. The first kappa shape index (κ1) is 21.6. The average Bonchev–Trinajstić information content (AvgIpc) is 2.74. The predicted octanol–water partition coefficient (Wildman–Crippen LogP) is 3.28. The number of aryl methyl sites for hydroxylation is 1. The van der Waals surface area contributed by atoms with Crippen molar-refractivity contribution in [3.05, 3.63) is 48.2 Å². The second kappa shape index (κ2) is 10.6. The zero-order valence-electron chi connectivity index (χ0n) is 17.5. The zero-order chi connectivity index (χ0) is 21.3. The molecule has 1 aromatic heterocycles. The normalized spacial score (nSPS) is 16.2. The largest absolute Gasteiger partial charge is 0.494 e. The molecule has 3 N–H and O–H groups in total. The maximum Gasteiger partial charge on any atom is 0.224 e. The van der Waals surface area contributed by atoms with Gasteiger partial charge >= 0.3 is 0 Å². The van der Waals surface area contributed by atoms with Crippen molar-refractivity contribution >= 4 is 23.3 Å². The van der Waals surface area contributed by atoms with Gasteiger partial charge in [-0.15, -0.1) is 0 Å². The SMILES string of the molecule is Cc1cccc(OCCCCC(=O)Nc2ccc(N3CCCC(C(N)=O)C3)nc2)c1. The van der Waals surface area contributed by atoms with E-state index in [-0.39, 0.29) is 17.7 Å². The van der Waals surface area contributed by atoms with Crippen LogP contribution in [0.3, 0.4) is 0 Å². The highest BCUT2D eigenvalue weighted by molar-refractivity contribution is 5.90. The summed E-state index contributed by atoms with van der Waals surface area (Å²) in [6, 6.07) is 11.7. The first-order valence-electron chi connectivity index (χ1n) is 10.5. The number of ether oxygens (including phenoxy) is 1. The maximum atomic E-state index is 12.2. The number of aromatic nitrogens is 1. The van der Waals surface area contributed by atoms with Crippen molar-refractivity contribution in [3.63, 3.8) is 0 Å². The lowest BCUT2D eigenvalue weighted by atomic mass is 9.97. The molecule has 1 aliphatic rings. The number of hydrogen-bond acceptors (Lipinski definition) is 5. The van der Waals surface area contributed by atoms with Gasteiger partial charge in [0.1, 0.15) is 11.6 Å². The van der Waals surface area contributed by atoms with Gasteiger partial charge in [-0.2, -0.15) is 0 Å². The standard InChI is InChI=1S/C23H30N4O3/c1-17-6-4-8-20(14-17)30-13-3-2-9-22(28)26-19-10-11-21(25-15-19)27-12-5-7-18(16-27)23(24)29/h4,6,8,10-11,14-15,18H,2-3,5,7,9,12-13,16H2,1H3,(H2,24,29)(H,26,28). The molecule has 2 amide bonds. The Labute approximate surface area is 177 Å². The van der Waals surface area contributed by atoms with Crippen LogP contribution >= 0.6 is 0 Å². The van der Waals surface area contributed by atoms with E-state index >= 15 is 0 Å². The molecule has 7 nitrogen and oxygen atoms in total. The molecule has 0 saturated carbocycles. The van der Waals surface area contributed by atoms with Crippen molar-refractivity contribution in [3.8, 4) is 5.75 Å². The summed E-state index contributed by atoms with van der Waals surface area (Å²) in [7, 11) is 0. The number of carbonyl (C=O) groups excluding carboxylic acids is 2. The van der Waals surface area contributed by atoms with Gasteiger partial charge in [0.2, 0.25) is 11.8 Å². The highest BCUT2D eigenvalue weighted by Gasteiger charge is 2.24. The molecule has 1 saturated heterocycles. The summed E-state index contributed by atoms with van der Waals surface area (Å²) in [6.07, 6.45) is 5.41. The lowest BCUT2D eigenvalue weighted by molar-refractivity contribution is -0.122. The first-order valence-corrected chi connectivity index (χ1v) is 10.5. The van der Waals surface area contributed by atoms with Crippen molar-refractivity contribution in [2.24, 2.45) is 11.7 Å². The topological polar surface area (TPSA) is 97.5 Å². The Hall–Kier alpha value is -3.09. The van der Waals surface area contributed by atoms with Gasteiger partial charge in [0, 0.05) is 19.5 Å². The molecule has 30 heavy (non-hydrogen) atoms. The average molecular weight is 411 g/mol. The summed E-state index contributed by atoms with van der Waals surface area (Å²) in [6.45, 7) is 4.07. The Kier molecular flexibility index (Phi) is 7.65. The number of primary amides is 1. The van der Waals surface area contributed by atoms with Crippen LogP contribution in [0.15, 0.2) is 42.6 Å². The van der Waals surface area contributed by atoms with Crippen LogP contribution in [-0.2, 0) is 9.59 Å². The molecule has 1 aromatic carbocycles. The van der Waals surface area contributed by atoms with Gasteiger partial charge < -0.3 is 20.7 Å². The maximum absolute atomic E-state index is 12.2. The van der Waals surface area contributed by atoms with Gasteiger partial charge in [0.05, 0.1) is 24.4 Å². The molecule has 2 heterocycles. The number of nitrogens with two attached hydrogens (primary N) is 1. The fraction of sp³-hybridized carbons (Fsp3) is 0.435. The summed E-state index contributed by atoms with van der Waals surface area (Å²) >= 11 is 0. The molecule has 3 rings (SSSR count). The van der Waals surface area contributed by atoms with Gasteiger partial charge in [-0.1, -0.05) is 12.1 Å². The van der Waals surface area contributed by atoms with Crippen LogP contribution in [0.5, 0.6) is 5.75 Å². The summed E-state index contributed by atoms with van der Waals surface area (Å²) in [5.41, 5.74) is 7.28. The third-order valence-corrected chi connectivity index (χ3v) is 5.24. The van der Waals surface area contributed by atoms with Crippen LogP contribution in [-0.4, -0.2) is 36.5 Å². The molecule has 1 aliphatic heterocycles. The summed E-state index contributed by atoms with van der Waals surface area (Å²) in [4.78, 5) is 30.1. The van der Waals surface area contributed by atoms with Gasteiger partial charge in [0.15, 0.2) is 0 Å². The fourth-order valence-corrected chi connectivity index (χ4v) is 3.57. The molecule has 0 aliphatic carbocycles. The highest BCUT2D eigenvalue weighted by atomic mass is 16.5. The lowest BCUT2D eigenvalue weighted by Crippen LogP contribution is -2.41. The molecule has 160 valence electrons. The van der Waals surface area contributed by atoms with E-state index in [1.54, 1.807) is 6.20 Å². The Bertz CT molecular complexity index is 854. The summed E-state index contributed by atoms with van der Waals surface area (Å²) in [5.74, 6) is 1.24. The molecule has 2 aromatic rings. The molecule has 1 unspecified atom stereocenters. The fourth-order valence-electron chi connectivity index (χ4n) is 3.57. The van der Waals surface area contributed by atoms with Gasteiger partial charge in [-0.25, -0.2) is 4.98 Å². The number of anilines is 2. The molecule has 1 atom stereocenters. The number of amides is 2. The number of unbranched alkanes of at least 4 members (excludes halogenated alkanes) is 1. The first-order chi connectivity index (χ1) is 14.5. The molecule has 1 fully saturated rings. The van der Waals surface area contributed by atoms with Crippen molar-refractivity contribution in [2.45, 2.75) is 39.0 Å². The highest BCUT2D eigenvalue weighted by Crippen LogP contribution is 2.22. The Morgan fingerprint density at radius 3 is 2.87 bits per heavy atom. The lowest BCUT2D eigenvalue weighted by Gasteiger charge is -2.32. The smallest absolute Gasteiger partial charge is 0.224 e. The van der Waals surface area contributed by atoms with Crippen molar-refractivity contribution < 1.29 is 14.3 Å². The van der Waals surface area contributed by atoms with Crippen molar-refractivity contribution in [1.29, 1.82) is 0 Å². The number of nitrogens with zero attached hydrogens (tertiary/aromatic N) is 2. The van der Waals surface area contributed by atoms with Gasteiger partial charge in [0.25, 0.3) is 0 Å². The Morgan fingerprint density at radius 1 is 1.27 bits per heavy atom. The quantitative estimate of drug-likeness (QED) is 0.618. The summed E-state index contributed by atoms with van der Waals surface area (Å²) in [5, 5.41) is 2.88. The third-order valence-electron chi connectivity index (χ3n) is 5.24. The van der Waals surface area contributed by atoms with Crippen LogP contribution in [0, 0.1) is 12.8 Å². The van der Waals surface area contributed by atoms with E-state index in [0.29, 0.717) is 25.3 Å². The second-order valence-electron chi connectivity index (χ2n) is 7.76. The van der Waals surface area contributed by atoms with E-state index in [1.165, 1.54) is 5.56 Å². The van der Waals surface area contributed by atoms with E-state index in [9.17, 15) is 9.59 Å². The van der Waals surface area contributed by atoms with E-state index in [4.69, 9.17) is 10.5 Å². The van der Waals surface area contributed by atoms with Crippen molar-refractivity contribution in [1.82, 2.24) is 4.98 Å². The number of piperidine rings is 1. The number of benzene rings is 1. The van der Waals surface area contributed by atoms with Crippen LogP contribution in [0.4, 0.5) is 11.5 Å².